The second kappa shape index (κ2) is 8.92. The molecule has 180 valence electrons. The molecule has 10 heteroatoms. The van der Waals surface area contributed by atoms with E-state index in [9.17, 15) is 14.4 Å². The number of anilines is 1. The first kappa shape index (κ1) is 24.3. The second-order valence-corrected chi connectivity index (χ2v) is 9.95. The molecule has 0 aromatic carbocycles. The van der Waals surface area contributed by atoms with Gasteiger partial charge in [0, 0.05) is 30.7 Å². The van der Waals surface area contributed by atoms with Crippen molar-refractivity contribution in [3.8, 4) is 0 Å². The number of esters is 1. The van der Waals surface area contributed by atoms with Gasteiger partial charge in [0.15, 0.2) is 0 Å². The largest absolute Gasteiger partial charge is 0.462 e. The highest BCUT2D eigenvalue weighted by Gasteiger charge is 2.39. The molecule has 1 fully saturated rings. The molecule has 0 radical (unpaired) electrons. The predicted octanol–water partition coefficient (Wildman–Crippen LogP) is 3.06. The quantitative estimate of drug-likeness (QED) is 0.658. The number of fused-ring (bicyclic) bond motifs is 1. The molecule has 3 rings (SSSR count). The van der Waals surface area contributed by atoms with Crippen LogP contribution in [0.3, 0.4) is 0 Å². The molecule has 0 unspecified atom stereocenters. The normalized spacial score (nSPS) is 18.1. The van der Waals surface area contributed by atoms with Gasteiger partial charge in [0.05, 0.1) is 35.1 Å². The molecule has 10 nitrogen and oxygen atoms in total. The average molecular weight is 460 g/mol. The van der Waals surface area contributed by atoms with Crippen molar-refractivity contribution in [2.75, 3.05) is 25.0 Å². The first-order valence-corrected chi connectivity index (χ1v) is 11.0. The number of hydrogen-bond acceptors (Lipinski definition) is 7. The van der Waals surface area contributed by atoms with Gasteiger partial charge in [0.2, 0.25) is 0 Å². The molecule has 2 amide bonds. The summed E-state index contributed by atoms with van der Waals surface area (Å²) in [5.74, 6) is -1.10. The van der Waals surface area contributed by atoms with Crippen molar-refractivity contribution in [2.45, 2.75) is 59.6 Å². The number of hydrogen-bond donors (Lipinski definition) is 2. The van der Waals surface area contributed by atoms with Crippen molar-refractivity contribution >= 4 is 29.2 Å². The Hall–Kier alpha value is -3.30. The number of carbonyl (C=O) groups is 3. The van der Waals surface area contributed by atoms with Crippen molar-refractivity contribution < 1.29 is 23.9 Å². The van der Waals surface area contributed by atoms with Crippen molar-refractivity contribution in [1.29, 1.82) is 0 Å². The van der Waals surface area contributed by atoms with E-state index in [-0.39, 0.29) is 29.7 Å². The van der Waals surface area contributed by atoms with Gasteiger partial charge in [0.25, 0.3) is 5.91 Å². The Bertz CT molecular complexity index is 1070. The number of likely N-dealkylation sites (tertiary alicyclic amines) is 1. The van der Waals surface area contributed by atoms with E-state index in [0.29, 0.717) is 36.3 Å². The van der Waals surface area contributed by atoms with Gasteiger partial charge in [-0.2, -0.15) is 5.10 Å². The molecule has 1 atom stereocenters. The van der Waals surface area contributed by atoms with E-state index in [1.165, 1.54) is 10.7 Å². The lowest BCUT2D eigenvalue weighted by Crippen LogP contribution is -2.54. The third kappa shape index (κ3) is 5.37. The van der Waals surface area contributed by atoms with Gasteiger partial charge < -0.3 is 25.4 Å². The van der Waals surface area contributed by atoms with Crippen LogP contribution in [0, 0.1) is 5.41 Å². The Morgan fingerprint density at radius 3 is 2.58 bits per heavy atom. The molecule has 0 saturated carbocycles. The third-order valence-electron chi connectivity index (χ3n) is 5.61. The van der Waals surface area contributed by atoms with Crippen LogP contribution in [0.25, 0.3) is 5.52 Å². The fourth-order valence-corrected chi connectivity index (χ4v) is 4.00. The summed E-state index contributed by atoms with van der Waals surface area (Å²) in [5.41, 5.74) is 6.30. The van der Waals surface area contributed by atoms with E-state index in [4.69, 9.17) is 15.2 Å². The molecule has 2 aromatic rings. The van der Waals surface area contributed by atoms with E-state index in [1.54, 1.807) is 24.1 Å². The van der Waals surface area contributed by atoms with Gasteiger partial charge in [-0.3, -0.25) is 4.79 Å². The van der Waals surface area contributed by atoms with E-state index >= 15 is 0 Å². The first-order valence-electron chi connectivity index (χ1n) is 11.0. The first-order chi connectivity index (χ1) is 15.3. The van der Waals surface area contributed by atoms with Gasteiger partial charge in [0.1, 0.15) is 5.60 Å². The van der Waals surface area contributed by atoms with Crippen LogP contribution in [-0.4, -0.2) is 63.8 Å². The van der Waals surface area contributed by atoms with E-state index in [2.05, 4.69) is 10.4 Å². The monoisotopic (exact) mass is 459 g/mol. The van der Waals surface area contributed by atoms with Crippen LogP contribution in [0.15, 0.2) is 18.5 Å². The summed E-state index contributed by atoms with van der Waals surface area (Å²) in [4.78, 5) is 38.6. The molecule has 1 saturated heterocycles. The van der Waals surface area contributed by atoms with Gasteiger partial charge in [-0.15, -0.1) is 0 Å². The van der Waals surface area contributed by atoms with Gasteiger partial charge in [-0.25, -0.2) is 14.1 Å². The van der Waals surface area contributed by atoms with E-state index < -0.39 is 17.5 Å². The lowest BCUT2D eigenvalue weighted by atomic mass is 9.79. The number of amides is 2. The maximum Gasteiger partial charge on any atom is 0.410 e. The lowest BCUT2D eigenvalue weighted by molar-refractivity contribution is 0.00690. The fourth-order valence-electron chi connectivity index (χ4n) is 4.00. The van der Waals surface area contributed by atoms with Gasteiger partial charge in [-0.1, -0.05) is 13.8 Å². The number of nitrogens with one attached hydrogen (secondary N) is 1. The topological polar surface area (TPSA) is 128 Å². The standard InChI is InChI=1S/C23H33N5O5/c1-7-32-20(30)14-10-16-18(15(19(24)29)11-25-28(16)12-14)26-17-8-9-27(13-23(17,5)6)21(31)33-22(2,3)4/h10-12,17,26H,7-9,13H2,1-6H3,(H2,24,29)/t17-/m1/s1. The highest BCUT2D eigenvalue weighted by Crippen LogP contribution is 2.35. The highest BCUT2D eigenvalue weighted by atomic mass is 16.6. The number of ether oxygens (including phenoxy) is 2. The molecule has 3 heterocycles. The second-order valence-electron chi connectivity index (χ2n) is 9.95. The number of primary amides is 1. The number of carbonyl (C=O) groups excluding carboxylic acids is 3. The Morgan fingerprint density at radius 1 is 1.30 bits per heavy atom. The number of aromatic nitrogens is 2. The molecule has 1 aliphatic heterocycles. The smallest absolute Gasteiger partial charge is 0.410 e. The Labute approximate surface area is 193 Å². The lowest BCUT2D eigenvalue weighted by Gasteiger charge is -2.45. The maximum absolute atomic E-state index is 12.6. The summed E-state index contributed by atoms with van der Waals surface area (Å²) in [6, 6.07) is 1.55. The summed E-state index contributed by atoms with van der Waals surface area (Å²) in [6.07, 6.45) is 3.23. The number of rotatable bonds is 5. The molecule has 3 N–H and O–H groups in total. The molecular weight excluding hydrogens is 426 g/mol. The van der Waals surface area contributed by atoms with Crippen LogP contribution >= 0.6 is 0 Å². The maximum atomic E-state index is 12.6. The average Bonchev–Trinajstić information content (AvgIpc) is 3.12. The minimum atomic E-state index is -0.629. The minimum Gasteiger partial charge on any atom is -0.462 e. The van der Waals surface area contributed by atoms with E-state index in [1.807, 2.05) is 34.6 Å². The molecule has 2 aromatic heterocycles. The number of piperidine rings is 1. The van der Waals surface area contributed by atoms with Crippen LogP contribution in [-0.2, 0) is 9.47 Å². The molecule has 33 heavy (non-hydrogen) atoms. The van der Waals surface area contributed by atoms with Crippen LogP contribution < -0.4 is 11.1 Å². The van der Waals surface area contributed by atoms with Crippen LogP contribution in [0.5, 0.6) is 0 Å². The summed E-state index contributed by atoms with van der Waals surface area (Å²) in [5, 5.41) is 7.69. The van der Waals surface area contributed by atoms with Crippen molar-refractivity contribution in [3.05, 3.63) is 29.6 Å². The Kier molecular flexibility index (Phi) is 6.58. The molecule has 0 spiro atoms. The Morgan fingerprint density at radius 2 is 2.00 bits per heavy atom. The molecule has 0 aliphatic carbocycles. The van der Waals surface area contributed by atoms with Crippen molar-refractivity contribution in [2.24, 2.45) is 11.1 Å². The van der Waals surface area contributed by atoms with Crippen molar-refractivity contribution in [3.63, 3.8) is 0 Å². The van der Waals surface area contributed by atoms with Gasteiger partial charge in [-0.05, 0) is 40.2 Å². The Balaban J connectivity index is 1.90. The fraction of sp³-hybridized carbons (Fsp3) is 0.565. The van der Waals surface area contributed by atoms with Crippen molar-refractivity contribution in [1.82, 2.24) is 14.5 Å². The van der Waals surface area contributed by atoms with Crippen LogP contribution in [0.4, 0.5) is 10.5 Å². The summed E-state index contributed by atoms with van der Waals surface area (Å²) in [6.45, 7) is 12.6. The minimum absolute atomic E-state index is 0.0820. The SMILES string of the molecule is CCOC(=O)c1cc2c(N[C@@H]3CCN(C(=O)OC(C)(C)C)CC3(C)C)c(C(N)=O)cnn2c1. The van der Waals surface area contributed by atoms with Crippen LogP contribution in [0.1, 0.15) is 68.7 Å². The zero-order chi connectivity index (χ0) is 24.6. The highest BCUT2D eigenvalue weighted by molar-refractivity contribution is 6.03. The third-order valence-corrected chi connectivity index (χ3v) is 5.61. The van der Waals surface area contributed by atoms with E-state index in [0.717, 1.165) is 0 Å². The predicted molar refractivity (Wildman–Crippen MR) is 123 cm³/mol. The molecular formula is C23H33N5O5. The van der Waals surface area contributed by atoms with Gasteiger partial charge >= 0.3 is 12.1 Å². The molecule has 1 aliphatic rings. The summed E-state index contributed by atoms with van der Waals surface area (Å²) >= 11 is 0. The number of nitrogens with zero attached hydrogens (tertiary/aromatic N) is 3. The zero-order valence-electron chi connectivity index (χ0n) is 20.1. The molecule has 0 bridgehead atoms. The zero-order valence-corrected chi connectivity index (χ0v) is 20.1. The van der Waals surface area contributed by atoms with Crippen LogP contribution in [0.2, 0.25) is 0 Å². The summed E-state index contributed by atoms with van der Waals surface area (Å²) in [7, 11) is 0. The number of nitrogens with two attached hydrogens (primary N) is 1. The summed E-state index contributed by atoms with van der Waals surface area (Å²) < 4.78 is 12.1.